The fraction of sp³-hybridized carbons (Fsp3) is 0.615. The molecule has 1 aliphatic heterocycles. The van der Waals surface area contributed by atoms with E-state index in [9.17, 15) is 0 Å². The van der Waals surface area contributed by atoms with Crippen LogP contribution in [0.4, 0.5) is 5.95 Å². The highest BCUT2D eigenvalue weighted by atomic mass is 32.2. The van der Waals surface area contributed by atoms with Crippen molar-refractivity contribution in [1.29, 1.82) is 0 Å². The summed E-state index contributed by atoms with van der Waals surface area (Å²) in [6.07, 6.45) is 9.36. The molecule has 0 aliphatic carbocycles. The zero-order chi connectivity index (χ0) is 13.8. The van der Waals surface area contributed by atoms with Gasteiger partial charge in [0.15, 0.2) is 0 Å². The van der Waals surface area contributed by atoms with Crippen molar-refractivity contribution in [1.82, 2.24) is 20.2 Å². The Morgan fingerprint density at radius 1 is 1.45 bits per heavy atom. The third-order valence-electron chi connectivity index (χ3n) is 3.67. The quantitative estimate of drug-likeness (QED) is 0.859. The van der Waals surface area contributed by atoms with Crippen LogP contribution in [0.3, 0.4) is 0 Å². The number of hydrogen-bond acceptors (Lipinski definition) is 6. The molecule has 7 heteroatoms. The highest BCUT2D eigenvalue weighted by molar-refractivity contribution is 7.99. The summed E-state index contributed by atoms with van der Waals surface area (Å²) >= 11 is 1.94. The first-order chi connectivity index (χ1) is 9.86. The Morgan fingerprint density at radius 3 is 3.20 bits per heavy atom. The molecule has 0 aromatic carbocycles. The van der Waals surface area contributed by atoms with Crippen LogP contribution < -0.4 is 4.90 Å². The highest BCUT2D eigenvalue weighted by Gasteiger charge is 2.22. The molecular formula is C13H19N5OS. The van der Waals surface area contributed by atoms with E-state index >= 15 is 0 Å². The summed E-state index contributed by atoms with van der Waals surface area (Å²) in [5.74, 6) is 0.868. The summed E-state index contributed by atoms with van der Waals surface area (Å²) in [7, 11) is 0. The first-order valence-electron chi connectivity index (χ1n) is 6.92. The molecule has 1 atom stereocenters. The second-order valence-corrected chi connectivity index (χ2v) is 6.21. The summed E-state index contributed by atoms with van der Waals surface area (Å²) in [6, 6.07) is 1.94. The first-order valence-corrected chi connectivity index (χ1v) is 8.20. The summed E-state index contributed by atoms with van der Waals surface area (Å²) in [4.78, 5) is 2.31. The molecule has 0 saturated carbocycles. The minimum absolute atomic E-state index is 0.652. The van der Waals surface area contributed by atoms with E-state index in [0.29, 0.717) is 11.8 Å². The Labute approximate surface area is 122 Å². The zero-order valence-corrected chi connectivity index (χ0v) is 12.4. The van der Waals surface area contributed by atoms with E-state index in [-0.39, 0.29) is 0 Å². The Morgan fingerprint density at radius 2 is 2.40 bits per heavy atom. The van der Waals surface area contributed by atoms with Gasteiger partial charge in [-0.1, -0.05) is 11.5 Å². The molecule has 108 valence electrons. The maximum Gasteiger partial charge on any atom is 0.245 e. The van der Waals surface area contributed by atoms with Gasteiger partial charge in [-0.2, -0.15) is 11.8 Å². The molecule has 0 bridgehead atoms. The zero-order valence-electron chi connectivity index (χ0n) is 11.6. The molecule has 2 aromatic rings. The van der Waals surface area contributed by atoms with Crippen molar-refractivity contribution < 1.29 is 4.42 Å². The highest BCUT2D eigenvalue weighted by Crippen LogP contribution is 2.23. The van der Waals surface area contributed by atoms with Crippen LogP contribution in [-0.2, 0) is 6.54 Å². The fourth-order valence-corrected chi connectivity index (χ4v) is 3.29. The van der Waals surface area contributed by atoms with Crippen LogP contribution in [0.25, 0.3) is 0 Å². The van der Waals surface area contributed by atoms with Crippen LogP contribution in [0.2, 0.25) is 0 Å². The number of nitrogens with zero attached hydrogens (tertiary/aromatic N) is 5. The molecule has 6 nitrogen and oxygen atoms in total. The minimum Gasteiger partial charge on any atom is -0.472 e. The van der Waals surface area contributed by atoms with Crippen LogP contribution in [0.5, 0.6) is 0 Å². The van der Waals surface area contributed by atoms with E-state index in [0.717, 1.165) is 24.6 Å². The second kappa shape index (κ2) is 6.30. The largest absolute Gasteiger partial charge is 0.472 e. The van der Waals surface area contributed by atoms with Gasteiger partial charge in [-0.3, -0.25) is 0 Å². The average Bonchev–Trinajstić information content (AvgIpc) is 3.07. The van der Waals surface area contributed by atoms with Gasteiger partial charge in [0.25, 0.3) is 0 Å². The molecule has 0 N–H and O–H groups in total. The summed E-state index contributed by atoms with van der Waals surface area (Å²) in [5.41, 5.74) is 1.08. The topological polar surface area (TPSA) is 60.0 Å². The number of anilines is 1. The lowest BCUT2D eigenvalue weighted by molar-refractivity contribution is 0.557. The SMILES string of the molecule is CSC1CCCCN(c2nnnn2Cc2ccoc2)C1. The minimum atomic E-state index is 0.652. The fourth-order valence-electron chi connectivity index (χ4n) is 2.56. The summed E-state index contributed by atoms with van der Waals surface area (Å²) in [5, 5.41) is 12.8. The van der Waals surface area contributed by atoms with Crippen molar-refractivity contribution >= 4 is 17.7 Å². The monoisotopic (exact) mass is 293 g/mol. The molecule has 0 spiro atoms. The molecule has 0 radical (unpaired) electrons. The van der Waals surface area contributed by atoms with Crippen molar-refractivity contribution in [3.63, 3.8) is 0 Å². The Balaban J connectivity index is 1.77. The smallest absolute Gasteiger partial charge is 0.245 e. The lowest BCUT2D eigenvalue weighted by atomic mass is 10.2. The number of tetrazole rings is 1. The van der Waals surface area contributed by atoms with E-state index in [2.05, 4.69) is 26.7 Å². The van der Waals surface area contributed by atoms with Gasteiger partial charge in [0.1, 0.15) is 0 Å². The third kappa shape index (κ3) is 2.98. The van der Waals surface area contributed by atoms with Crippen LogP contribution in [0.1, 0.15) is 24.8 Å². The maximum atomic E-state index is 5.10. The molecular weight excluding hydrogens is 274 g/mol. The molecule has 2 aromatic heterocycles. The number of hydrogen-bond donors (Lipinski definition) is 0. The van der Waals surface area contributed by atoms with Crippen molar-refractivity contribution in [3.05, 3.63) is 24.2 Å². The van der Waals surface area contributed by atoms with Gasteiger partial charge in [-0.15, -0.1) is 0 Å². The number of furan rings is 1. The van der Waals surface area contributed by atoms with E-state index in [4.69, 9.17) is 4.42 Å². The lowest BCUT2D eigenvalue weighted by Gasteiger charge is -2.23. The van der Waals surface area contributed by atoms with Crippen molar-refractivity contribution in [2.24, 2.45) is 0 Å². The molecule has 20 heavy (non-hydrogen) atoms. The molecule has 1 unspecified atom stereocenters. The Bertz CT molecular complexity index is 527. The lowest BCUT2D eigenvalue weighted by Crippen LogP contribution is -2.32. The number of rotatable bonds is 4. The van der Waals surface area contributed by atoms with Gasteiger partial charge < -0.3 is 9.32 Å². The molecule has 3 heterocycles. The van der Waals surface area contributed by atoms with Crippen LogP contribution in [0, 0.1) is 0 Å². The molecule has 3 rings (SSSR count). The van der Waals surface area contributed by atoms with Gasteiger partial charge in [0.05, 0.1) is 19.1 Å². The molecule has 0 amide bonds. The van der Waals surface area contributed by atoms with Crippen molar-refractivity contribution in [2.45, 2.75) is 31.1 Å². The molecule has 1 saturated heterocycles. The van der Waals surface area contributed by atoms with Crippen LogP contribution >= 0.6 is 11.8 Å². The van der Waals surface area contributed by atoms with Crippen molar-refractivity contribution in [2.75, 3.05) is 24.2 Å². The predicted molar refractivity (Wildman–Crippen MR) is 79.0 cm³/mol. The number of thioether (sulfide) groups is 1. The first kappa shape index (κ1) is 13.5. The van der Waals surface area contributed by atoms with E-state index in [1.54, 1.807) is 12.5 Å². The molecule has 1 fully saturated rings. The van der Waals surface area contributed by atoms with Gasteiger partial charge in [0, 0.05) is 23.9 Å². The van der Waals surface area contributed by atoms with Crippen LogP contribution in [-0.4, -0.2) is 44.8 Å². The van der Waals surface area contributed by atoms with Crippen LogP contribution in [0.15, 0.2) is 23.0 Å². The Hall–Kier alpha value is -1.50. The van der Waals surface area contributed by atoms with Gasteiger partial charge in [-0.05, 0) is 35.6 Å². The van der Waals surface area contributed by atoms with Crippen molar-refractivity contribution in [3.8, 4) is 0 Å². The standard InChI is InChI=1S/C13H19N5OS/c1-20-12-4-2-3-6-17(9-12)13-14-15-16-18(13)8-11-5-7-19-10-11/h5,7,10,12H,2-4,6,8-9H2,1H3. The normalized spacial score (nSPS) is 20.1. The average molecular weight is 293 g/mol. The predicted octanol–water partition coefficient (Wildman–Crippen LogP) is 2.04. The van der Waals surface area contributed by atoms with E-state index < -0.39 is 0 Å². The Kier molecular flexibility index (Phi) is 4.25. The van der Waals surface area contributed by atoms with Gasteiger partial charge in [-0.25, -0.2) is 4.68 Å². The van der Waals surface area contributed by atoms with E-state index in [1.165, 1.54) is 19.3 Å². The second-order valence-electron chi connectivity index (χ2n) is 5.07. The third-order valence-corrected chi connectivity index (χ3v) is 4.72. The summed E-state index contributed by atoms with van der Waals surface area (Å²) in [6.45, 7) is 2.70. The maximum absolute atomic E-state index is 5.10. The van der Waals surface area contributed by atoms with E-state index in [1.807, 2.05) is 22.5 Å². The van der Waals surface area contributed by atoms with Gasteiger partial charge >= 0.3 is 0 Å². The molecule has 1 aliphatic rings. The number of aromatic nitrogens is 4. The van der Waals surface area contributed by atoms with Gasteiger partial charge in [0.2, 0.25) is 5.95 Å². The summed E-state index contributed by atoms with van der Waals surface area (Å²) < 4.78 is 6.96.